The number of aryl methyl sites for hydroxylation is 3. The van der Waals surface area contributed by atoms with Crippen LogP contribution in [-0.4, -0.2) is 33.0 Å². The van der Waals surface area contributed by atoms with E-state index in [9.17, 15) is 0 Å². The van der Waals surface area contributed by atoms with Crippen molar-refractivity contribution in [1.29, 1.82) is 0 Å². The Bertz CT molecular complexity index is 660. The molecule has 0 aliphatic carbocycles. The van der Waals surface area contributed by atoms with Gasteiger partial charge in [0.2, 0.25) is 5.95 Å². The summed E-state index contributed by atoms with van der Waals surface area (Å²) in [6.07, 6.45) is 5.06. The highest BCUT2D eigenvalue weighted by molar-refractivity contribution is 7.99. The number of anilines is 1. The van der Waals surface area contributed by atoms with Gasteiger partial charge >= 0.3 is 0 Å². The van der Waals surface area contributed by atoms with Crippen LogP contribution in [0.25, 0.3) is 0 Å². The summed E-state index contributed by atoms with van der Waals surface area (Å²) in [5, 5.41) is 1.67. The first kappa shape index (κ1) is 16.2. The van der Waals surface area contributed by atoms with Crippen molar-refractivity contribution in [2.45, 2.75) is 56.6 Å². The van der Waals surface area contributed by atoms with Gasteiger partial charge in [0.25, 0.3) is 0 Å². The highest BCUT2D eigenvalue weighted by Gasteiger charge is 2.14. The summed E-state index contributed by atoms with van der Waals surface area (Å²) in [4.78, 5) is 20.7. The van der Waals surface area contributed by atoms with Gasteiger partial charge < -0.3 is 4.90 Å². The van der Waals surface area contributed by atoms with Crippen molar-refractivity contribution in [2.24, 2.45) is 0 Å². The number of hydrogen-bond acceptors (Lipinski definition) is 6. The molecule has 0 N–H and O–H groups in total. The molecule has 1 aliphatic rings. The molecule has 23 heavy (non-hydrogen) atoms. The highest BCUT2D eigenvalue weighted by Crippen LogP contribution is 2.26. The van der Waals surface area contributed by atoms with Crippen LogP contribution in [0.3, 0.4) is 0 Å². The van der Waals surface area contributed by atoms with Gasteiger partial charge in [0, 0.05) is 30.2 Å². The van der Waals surface area contributed by atoms with Crippen LogP contribution in [0.2, 0.25) is 0 Å². The average Bonchev–Trinajstić information content (AvgIpc) is 2.74. The van der Waals surface area contributed by atoms with Crippen molar-refractivity contribution >= 4 is 17.7 Å². The maximum absolute atomic E-state index is 4.75. The van der Waals surface area contributed by atoms with Crippen LogP contribution in [0.15, 0.2) is 22.3 Å². The monoisotopic (exact) mass is 329 g/mol. The zero-order valence-corrected chi connectivity index (χ0v) is 14.9. The van der Waals surface area contributed by atoms with E-state index in [0.717, 1.165) is 46.3 Å². The topological polar surface area (TPSA) is 54.8 Å². The molecule has 0 amide bonds. The summed E-state index contributed by atoms with van der Waals surface area (Å²) in [6, 6.07) is 3.99. The summed E-state index contributed by atoms with van der Waals surface area (Å²) >= 11 is 1.51. The van der Waals surface area contributed by atoms with Gasteiger partial charge in [-0.05, 0) is 57.5 Å². The molecule has 0 bridgehead atoms. The van der Waals surface area contributed by atoms with Crippen molar-refractivity contribution in [2.75, 3.05) is 18.0 Å². The molecular weight excluding hydrogens is 306 g/mol. The lowest BCUT2D eigenvalue weighted by Crippen LogP contribution is -2.26. The minimum atomic E-state index is 0.752. The van der Waals surface area contributed by atoms with Gasteiger partial charge in [-0.1, -0.05) is 12.8 Å². The van der Waals surface area contributed by atoms with Gasteiger partial charge in [0.1, 0.15) is 5.03 Å². The molecule has 3 heterocycles. The summed E-state index contributed by atoms with van der Waals surface area (Å²) in [6.45, 7) is 8.11. The molecule has 0 radical (unpaired) electrons. The SMILES string of the molecule is Cc1cc(C)nc(Sc2cc(C)nc(N3CCCCCC3)n2)n1. The van der Waals surface area contributed by atoms with E-state index in [1.165, 1.54) is 37.4 Å². The molecule has 1 aliphatic heterocycles. The third kappa shape index (κ3) is 4.41. The van der Waals surface area contributed by atoms with Crippen LogP contribution in [0.5, 0.6) is 0 Å². The average molecular weight is 329 g/mol. The number of rotatable bonds is 3. The van der Waals surface area contributed by atoms with Gasteiger partial charge in [0.05, 0.1) is 0 Å². The van der Waals surface area contributed by atoms with Gasteiger partial charge in [-0.25, -0.2) is 19.9 Å². The fraction of sp³-hybridized carbons (Fsp3) is 0.529. The van der Waals surface area contributed by atoms with Gasteiger partial charge in [-0.3, -0.25) is 0 Å². The first-order valence-corrected chi connectivity index (χ1v) is 9.02. The summed E-state index contributed by atoms with van der Waals surface area (Å²) < 4.78 is 0. The molecule has 6 heteroatoms. The maximum Gasteiger partial charge on any atom is 0.226 e. The lowest BCUT2D eigenvalue weighted by Gasteiger charge is -2.20. The molecule has 5 nitrogen and oxygen atoms in total. The molecule has 0 saturated carbocycles. The van der Waals surface area contributed by atoms with Crippen LogP contribution in [-0.2, 0) is 0 Å². The van der Waals surface area contributed by atoms with Gasteiger partial charge in [-0.2, -0.15) is 0 Å². The van der Waals surface area contributed by atoms with Crippen molar-refractivity contribution in [3.8, 4) is 0 Å². The van der Waals surface area contributed by atoms with E-state index < -0.39 is 0 Å². The van der Waals surface area contributed by atoms with E-state index in [0.29, 0.717) is 0 Å². The fourth-order valence-electron chi connectivity index (χ4n) is 2.82. The zero-order valence-electron chi connectivity index (χ0n) is 14.0. The summed E-state index contributed by atoms with van der Waals surface area (Å²) in [5.74, 6) is 0.846. The minimum absolute atomic E-state index is 0.752. The predicted octanol–water partition coefficient (Wildman–Crippen LogP) is 3.72. The van der Waals surface area contributed by atoms with Crippen molar-refractivity contribution in [1.82, 2.24) is 19.9 Å². The first-order chi connectivity index (χ1) is 11.1. The standard InChI is InChI=1S/C17H23N5S/c1-12-10-13(2)20-17(19-12)23-15-11-14(3)18-16(21-15)22-8-6-4-5-7-9-22/h10-11H,4-9H2,1-3H3. The lowest BCUT2D eigenvalue weighted by atomic mass is 10.2. The Balaban J connectivity index is 1.84. The molecule has 1 saturated heterocycles. The summed E-state index contributed by atoms with van der Waals surface area (Å²) in [5.41, 5.74) is 2.96. The highest BCUT2D eigenvalue weighted by atomic mass is 32.2. The number of hydrogen-bond donors (Lipinski definition) is 0. The number of nitrogens with zero attached hydrogens (tertiary/aromatic N) is 5. The quantitative estimate of drug-likeness (QED) is 0.632. The van der Waals surface area contributed by atoms with Crippen LogP contribution >= 0.6 is 11.8 Å². The molecule has 2 aromatic rings. The third-order valence-electron chi connectivity index (χ3n) is 3.87. The van der Waals surface area contributed by atoms with E-state index >= 15 is 0 Å². The van der Waals surface area contributed by atoms with E-state index in [1.54, 1.807) is 0 Å². The Morgan fingerprint density at radius 2 is 1.39 bits per heavy atom. The van der Waals surface area contributed by atoms with Crippen LogP contribution in [0.4, 0.5) is 5.95 Å². The van der Waals surface area contributed by atoms with Crippen LogP contribution < -0.4 is 4.90 Å². The molecule has 2 aromatic heterocycles. The Morgan fingerprint density at radius 3 is 2.04 bits per heavy atom. The second-order valence-electron chi connectivity index (χ2n) is 6.08. The van der Waals surface area contributed by atoms with E-state index in [1.807, 2.05) is 32.9 Å². The maximum atomic E-state index is 4.75. The molecular formula is C17H23N5S. The first-order valence-electron chi connectivity index (χ1n) is 8.21. The molecule has 122 valence electrons. The van der Waals surface area contributed by atoms with Gasteiger partial charge in [0.15, 0.2) is 5.16 Å². The Labute approximate surface area is 142 Å². The molecule has 0 unspecified atom stereocenters. The van der Waals surface area contributed by atoms with Crippen molar-refractivity contribution < 1.29 is 0 Å². The fourth-order valence-corrected chi connectivity index (χ4v) is 3.74. The Hall–Kier alpha value is -1.69. The Kier molecular flexibility index (Phi) is 5.10. The minimum Gasteiger partial charge on any atom is -0.341 e. The Morgan fingerprint density at radius 1 is 0.783 bits per heavy atom. The second-order valence-corrected chi connectivity index (χ2v) is 7.07. The van der Waals surface area contributed by atoms with Crippen LogP contribution in [0, 0.1) is 20.8 Å². The molecule has 0 atom stereocenters. The molecule has 0 spiro atoms. The van der Waals surface area contributed by atoms with Crippen molar-refractivity contribution in [3.63, 3.8) is 0 Å². The molecule has 3 rings (SSSR count). The number of aromatic nitrogens is 4. The van der Waals surface area contributed by atoms with E-state index in [4.69, 9.17) is 4.98 Å². The zero-order chi connectivity index (χ0) is 16.2. The summed E-state index contributed by atoms with van der Waals surface area (Å²) in [7, 11) is 0. The van der Waals surface area contributed by atoms with E-state index in [2.05, 4.69) is 19.9 Å². The normalized spacial score (nSPS) is 15.5. The molecule has 1 fully saturated rings. The smallest absolute Gasteiger partial charge is 0.226 e. The van der Waals surface area contributed by atoms with Crippen LogP contribution in [0.1, 0.15) is 42.8 Å². The van der Waals surface area contributed by atoms with Gasteiger partial charge in [-0.15, -0.1) is 0 Å². The predicted molar refractivity (Wildman–Crippen MR) is 93.1 cm³/mol. The molecule has 0 aromatic carbocycles. The largest absolute Gasteiger partial charge is 0.341 e. The van der Waals surface area contributed by atoms with E-state index in [-0.39, 0.29) is 0 Å². The second kappa shape index (κ2) is 7.25. The third-order valence-corrected chi connectivity index (χ3v) is 4.65. The van der Waals surface area contributed by atoms with Crippen molar-refractivity contribution in [3.05, 3.63) is 29.2 Å². The lowest BCUT2D eigenvalue weighted by molar-refractivity contribution is 0.726.